The van der Waals surface area contributed by atoms with Crippen LogP contribution in [0.5, 0.6) is 0 Å². The molecule has 0 aliphatic heterocycles. The molecule has 0 radical (unpaired) electrons. The van der Waals surface area contributed by atoms with Gasteiger partial charge in [0.2, 0.25) is 0 Å². The van der Waals surface area contributed by atoms with Gasteiger partial charge in [0.15, 0.2) is 0 Å². The van der Waals surface area contributed by atoms with Gasteiger partial charge in [-0.05, 0) is 49.4 Å². The summed E-state index contributed by atoms with van der Waals surface area (Å²) in [7, 11) is 0. The normalized spacial score (nSPS) is 38.3. The molecule has 2 saturated carbocycles. The van der Waals surface area contributed by atoms with Gasteiger partial charge in [-0.15, -0.1) is 0 Å². The van der Waals surface area contributed by atoms with Crippen LogP contribution in [0.15, 0.2) is 0 Å². The largest absolute Gasteiger partial charge is 0.481 e. The van der Waals surface area contributed by atoms with Gasteiger partial charge in [0.25, 0.3) is 0 Å². The number of hydrogen-bond donors (Lipinski definition) is 2. The van der Waals surface area contributed by atoms with E-state index in [-0.39, 0.29) is 11.8 Å². The van der Waals surface area contributed by atoms with Gasteiger partial charge in [0, 0.05) is 0 Å². The van der Waals surface area contributed by atoms with Crippen LogP contribution in [-0.2, 0) is 9.59 Å². The van der Waals surface area contributed by atoms with Crippen LogP contribution in [0.1, 0.15) is 65.2 Å². The van der Waals surface area contributed by atoms with Crippen molar-refractivity contribution < 1.29 is 19.8 Å². The Labute approximate surface area is 133 Å². The smallest absolute Gasteiger partial charge is 0.307 e. The average Bonchev–Trinajstić information content (AvgIpc) is 2.46. The number of aliphatic carboxylic acids is 2. The number of carbonyl (C=O) groups is 2. The summed E-state index contributed by atoms with van der Waals surface area (Å²) in [5, 5.41) is 19.4. The Morgan fingerprint density at radius 2 is 1.64 bits per heavy atom. The summed E-state index contributed by atoms with van der Waals surface area (Å²) in [6.07, 6.45) is 7.74. The van der Waals surface area contributed by atoms with Gasteiger partial charge >= 0.3 is 11.9 Å². The second kappa shape index (κ2) is 7.47. The van der Waals surface area contributed by atoms with Gasteiger partial charge in [-0.3, -0.25) is 9.59 Å². The number of carboxylic acid groups (broad SMARTS) is 2. The number of fused-ring (bicyclic) bond motifs is 1. The summed E-state index contributed by atoms with van der Waals surface area (Å²) in [6, 6.07) is 0. The zero-order chi connectivity index (χ0) is 16.3. The first-order valence-corrected chi connectivity index (χ1v) is 8.95. The SMILES string of the molecule is CCCC1CCC2C(C1)CC(C(=O)O)C(CCC)C2C(=O)O. The van der Waals surface area contributed by atoms with Crippen molar-refractivity contribution in [1.82, 2.24) is 0 Å². The monoisotopic (exact) mass is 310 g/mol. The first kappa shape index (κ1) is 17.3. The fourth-order valence-electron chi connectivity index (χ4n) is 5.23. The molecule has 6 unspecified atom stereocenters. The molecular weight excluding hydrogens is 280 g/mol. The molecule has 6 atom stereocenters. The van der Waals surface area contributed by atoms with Crippen LogP contribution < -0.4 is 0 Å². The lowest BCUT2D eigenvalue weighted by Gasteiger charge is -2.48. The maximum Gasteiger partial charge on any atom is 0.307 e. The molecule has 2 aliphatic carbocycles. The van der Waals surface area contributed by atoms with Gasteiger partial charge in [0.1, 0.15) is 0 Å². The van der Waals surface area contributed by atoms with Crippen LogP contribution in [0, 0.1) is 35.5 Å². The Balaban J connectivity index is 2.23. The van der Waals surface area contributed by atoms with Crippen molar-refractivity contribution in [2.45, 2.75) is 65.2 Å². The van der Waals surface area contributed by atoms with E-state index in [1.165, 1.54) is 6.42 Å². The van der Waals surface area contributed by atoms with E-state index in [2.05, 4.69) is 6.92 Å². The van der Waals surface area contributed by atoms with E-state index >= 15 is 0 Å². The van der Waals surface area contributed by atoms with Gasteiger partial charge in [-0.25, -0.2) is 0 Å². The Morgan fingerprint density at radius 3 is 2.18 bits per heavy atom. The molecule has 2 aliphatic rings. The molecule has 0 spiro atoms. The van der Waals surface area contributed by atoms with Crippen molar-refractivity contribution in [3.05, 3.63) is 0 Å². The molecule has 0 aromatic heterocycles. The maximum absolute atomic E-state index is 11.9. The third kappa shape index (κ3) is 3.47. The van der Waals surface area contributed by atoms with Crippen LogP contribution in [0.3, 0.4) is 0 Å². The zero-order valence-corrected chi connectivity index (χ0v) is 13.8. The van der Waals surface area contributed by atoms with Crippen LogP contribution in [0.25, 0.3) is 0 Å². The van der Waals surface area contributed by atoms with Crippen LogP contribution in [0.4, 0.5) is 0 Å². The van der Waals surface area contributed by atoms with E-state index in [0.29, 0.717) is 18.3 Å². The lowest BCUT2D eigenvalue weighted by atomic mass is 9.55. The molecule has 22 heavy (non-hydrogen) atoms. The highest BCUT2D eigenvalue weighted by Crippen LogP contribution is 2.52. The lowest BCUT2D eigenvalue weighted by molar-refractivity contribution is -0.161. The maximum atomic E-state index is 11.9. The summed E-state index contributed by atoms with van der Waals surface area (Å²) < 4.78 is 0. The van der Waals surface area contributed by atoms with Crippen LogP contribution in [-0.4, -0.2) is 22.2 Å². The second-order valence-electron chi connectivity index (χ2n) is 7.39. The minimum atomic E-state index is -0.791. The van der Waals surface area contributed by atoms with Crippen LogP contribution >= 0.6 is 0 Å². The molecule has 0 aromatic carbocycles. The molecule has 2 rings (SSSR count). The molecule has 0 aromatic rings. The number of carboxylic acids is 2. The third-order valence-corrected chi connectivity index (χ3v) is 6.07. The third-order valence-electron chi connectivity index (χ3n) is 6.07. The van der Waals surface area contributed by atoms with Crippen molar-refractivity contribution in [1.29, 1.82) is 0 Å². The molecule has 2 N–H and O–H groups in total. The molecular formula is C18H30O4. The molecule has 0 saturated heterocycles. The summed E-state index contributed by atoms with van der Waals surface area (Å²) in [4.78, 5) is 23.6. The Bertz CT molecular complexity index is 406. The average molecular weight is 310 g/mol. The minimum Gasteiger partial charge on any atom is -0.481 e. The summed E-state index contributed by atoms with van der Waals surface area (Å²) >= 11 is 0. The molecule has 126 valence electrons. The van der Waals surface area contributed by atoms with Gasteiger partial charge in [-0.2, -0.15) is 0 Å². The summed E-state index contributed by atoms with van der Waals surface area (Å²) in [5.74, 6) is -1.53. The first-order valence-electron chi connectivity index (χ1n) is 8.95. The molecule has 0 amide bonds. The van der Waals surface area contributed by atoms with Crippen molar-refractivity contribution in [2.75, 3.05) is 0 Å². The Hall–Kier alpha value is -1.06. The second-order valence-corrected chi connectivity index (χ2v) is 7.39. The predicted octanol–water partition coefficient (Wildman–Crippen LogP) is 4.04. The van der Waals surface area contributed by atoms with Crippen molar-refractivity contribution in [3.8, 4) is 0 Å². The standard InChI is InChI=1S/C18H30O4/c1-3-5-11-7-8-13-12(9-11)10-15(17(19)20)14(6-4-2)16(13)18(21)22/h11-16H,3-10H2,1-2H3,(H,19,20)(H,21,22). The van der Waals surface area contributed by atoms with E-state index in [0.717, 1.165) is 38.5 Å². The number of hydrogen-bond acceptors (Lipinski definition) is 2. The van der Waals surface area contributed by atoms with E-state index in [1.807, 2.05) is 6.92 Å². The lowest BCUT2D eigenvalue weighted by Crippen LogP contribution is -2.48. The Kier molecular flexibility index (Phi) is 5.87. The van der Waals surface area contributed by atoms with E-state index < -0.39 is 23.8 Å². The first-order chi connectivity index (χ1) is 10.5. The highest BCUT2D eigenvalue weighted by atomic mass is 16.4. The van der Waals surface area contributed by atoms with Crippen LogP contribution in [0.2, 0.25) is 0 Å². The van der Waals surface area contributed by atoms with E-state index in [4.69, 9.17) is 0 Å². The molecule has 4 heteroatoms. The molecule has 4 nitrogen and oxygen atoms in total. The highest BCUT2D eigenvalue weighted by molar-refractivity contribution is 5.75. The van der Waals surface area contributed by atoms with Gasteiger partial charge in [0.05, 0.1) is 11.8 Å². The fraction of sp³-hybridized carbons (Fsp3) is 0.889. The number of rotatable bonds is 6. The van der Waals surface area contributed by atoms with Crippen molar-refractivity contribution in [3.63, 3.8) is 0 Å². The Morgan fingerprint density at radius 1 is 0.955 bits per heavy atom. The summed E-state index contributed by atoms with van der Waals surface area (Å²) in [6.45, 7) is 4.20. The topological polar surface area (TPSA) is 74.6 Å². The molecule has 0 heterocycles. The zero-order valence-electron chi connectivity index (χ0n) is 13.8. The minimum absolute atomic E-state index is 0.191. The van der Waals surface area contributed by atoms with Crippen molar-refractivity contribution in [2.24, 2.45) is 35.5 Å². The predicted molar refractivity (Wildman–Crippen MR) is 84.5 cm³/mol. The molecule has 0 bridgehead atoms. The van der Waals surface area contributed by atoms with E-state index in [9.17, 15) is 19.8 Å². The quantitative estimate of drug-likeness (QED) is 0.776. The molecule has 2 fully saturated rings. The van der Waals surface area contributed by atoms with Gasteiger partial charge < -0.3 is 10.2 Å². The fourth-order valence-corrected chi connectivity index (χ4v) is 5.23. The summed E-state index contributed by atoms with van der Waals surface area (Å²) in [5.41, 5.74) is 0. The highest BCUT2D eigenvalue weighted by Gasteiger charge is 2.51. The van der Waals surface area contributed by atoms with Crippen molar-refractivity contribution >= 4 is 11.9 Å². The van der Waals surface area contributed by atoms with Gasteiger partial charge in [-0.1, -0.05) is 39.5 Å². The van der Waals surface area contributed by atoms with E-state index in [1.54, 1.807) is 0 Å².